The van der Waals surface area contributed by atoms with E-state index in [0.717, 1.165) is 17.1 Å². The van der Waals surface area contributed by atoms with Crippen molar-refractivity contribution in [2.75, 3.05) is 24.3 Å². The van der Waals surface area contributed by atoms with E-state index in [9.17, 15) is 10.1 Å². The fourth-order valence-electron chi connectivity index (χ4n) is 2.53. The number of carbonyl (C=O) groups excluding carboxylic acids is 1. The van der Waals surface area contributed by atoms with Crippen molar-refractivity contribution in [2.45, 2.75) is 11.9 Å². The minimum Gasteiger partial charge on any atom is -0.486 e. The van der Waals surface area contributed by atoms with Gasteiger partial charge in [-0.25, -0.2) is 9.61 Å². The number of amides is 1. The van der Waals surface area contributed by atoms with E-state index in [-0.39, 0.29) is 17.5 Å². The summed E-state index contributed by atoms with van der Waals surface area (Å²) in [5, 5.41) is 20.5. The van der Waals surface area contributed by atoms with Gasteiger partial charge in [-0.05, 0) is 24.2 Å². The van der Waals surface area contributed by atoms with Gasteiger partial charge in [0.25, 0.3) is 0 Å². The van der Waals surface area contributed by atoms with Crippen molar-refractivity contribution in [3.8, 4) is 17.6 Å². The second-order valence-corrected chi connectivity index (χ2v) is 6.64. The normalized spacial score (nSPS) is 12.6. The number of pyridine rings is 1. The van der Waals surface area contributed by atoms with Gasteiger partial charge in [-0.3, -0.25) is 4.79 Å². The van der Waals surface area contributed by atoms with Crippen LogP contribution < -0.4 is 14.8 Å². The maximum Gasteiger partial charge on any atom is 0.236 e. The van der Waals surface area contributed by atoms with Crippen molar-refractivity contribution in [1.82, 2.24) is 15.3 Å². The zero-order valence-electron chi connectivity index (χ0n) is 14.2. The maximum atomic E-state index is 12.1. The molecule has 1 aromatic carbocycles. The molecule has 1 N–H and O–H groups in total. The number of aromatic nitrogens is 3. The lowest BCUT2D eigenvalue weighted by Gasteiger charge is -2.18. The molecular formula is C17H13N5O4S. The molecule has 3 aromatic rings. The molecule has 9 nitrogen and oxygen atoms in total. The van der Waals surface area contributed by atoms with E-state index in [4.69, 9.17) is 9.47 Å². The summed E-state index contributed by atoms with van der Waals surface area (Å²) in [7, 11) is 0. The number of fused-ring (bicyclic) bond motifs is 2. The van der Waals surface area contributed by atoms with Crippen LogP contribution in [0.4, 0.5) is 5.82 Å². The molecule has 0 saturated carbocycles. The molecule has 1 aliphatic heterocycles. The van der Waals surface area contributed by atoms with Gasteiger partial charge in [-0.15, -0.1) is 0 Å². The van der Waals surface area contributed by atoms with Gasteiger partial charge in [0.15, 0.2) is 17.3 Å². The van der Waals surface area contributed by atoms with Crippen molar-refractivity contribution in [2.24, 2.45) is 0 Å². The van der Waals surface area contributed by atoms with Crippen LogP contribution in [-0.2, 0) is 4.79 Å². The Kier molecular flexibility index (Phi) is 4.52. The number of nitrogens with zero attached hydrogens (tertiary/aromatic N) is 4. The number of hydrogen-bond donors (Lipinski definition) is 1. The summed E-state index contributed by atoms with van der Waals surface area (Å²) in [6.45, 7) is 2.64. The average Bonchev–Trinajstić information content (AvgIpc) is 3.08. The summed E-state index contributed by atoms with van der Waals surface area (Å²) in [6, 6.07) is 7.43. The Morgan fingerprint density at radius 3 is 2.74 bits per heavy atom. The molecule has 3 heterocycles. The van der Waals surface area contributed by atoms with Crippen molar-refractivity contribution in [3.63, 3.8) is 0 Å². The Balaban J connectivity index is 1.56. The molecule has 0 radical (unpaired) electrons. The van der Waals surface area contributed by atoms with Crippen molar-refractivity contribution in [3.05, 3.63) is 29.5 Å². The number of nitrogens with one attached hydrogen (secondary N) is 1. The van der Waals surface area contributed by atoms with Gasteiger partial charge in [0, 0.05) is 11.5 Å². The van der Waals surface area contributed by atoms with Gasteiger partial charge < -0.3 is 14.8 Å². The zero-order chi connectivity index (χ0) is 18.8. The van der Waals surface area contributed by atoms with E-state index in [0.29, 0.717) is 46.5 Å². The summed E-state index contributed by atoms with van der Waals surface area (Å²) >= 11 is 1.16. The number of rotatable bonds is 4. The van der Waals surface area contributed by atoms with E-state index in [1.807, 2.05) is 0 Å². The Morgan fingerprint density at radius 2 is 2.04 bits per heavy atom. The lowest BCUT2D eigenvalue weighted by molar-refractivity contribution is -0.113. The number of thioether (sulfide) groups is 1. The Hall–Kier alpha value is -3.32. The molecule has 0 bridgehead atoms. The molecule has 136 valence electrons. The van der Waals surface area contributed by atoms with E-state index >= 15 is 0 Å². The fourth-order valence-corrected chi connectivity index (χ4v) is 3.29. The SMILES string of the molecule is Cc1nonc1NC(=O)CSc1nc2cc3c(cc2cc1C#N)OCCO3. The standard InChI is InChI=1S/C17H13N5O4S/c1-9-16(22-26-21-9)20-15(23)8-27-17-11(7-18)4-10-5-13-14(6-12(10)19-17)25-3-2-24-13/h4-6H,2-3,8H2,1H3,(H,20,22,23). The Labute approximate surface area is 157 Å². The number of benzene rings is 1. The fraction of sp³-hybridized carbons (Fsp3) is 0.235. The third-order valence-electron chi connectivity index (χ3n) is 3.81. The molecule has 0 saturated heterocycles. The predicted molar refractivity (Wildman–Crippen MR) is 95.8 cm³/mol. The Bertz CT molecular complexity index is 1080. The van der Waals surface area contributed by atoms with Crippen LogP contribution in [0, 0.1) is 18.3 Å². The van der Waals surface area contributed by atoms with Crippen LogP contribution in [0.25, 0.3) is 10.9 Å². The van der Waals surface area contributed by atoms with Crippen LogP contribution in [0.15, 0.2) is 27.9 Å². The van der Waals surface area contributed by atoms with Crippen molar-refractivity contribution < 1.29 is 18.9 Å². The number of nitriles is 1. The second-order valence-electron chi connectivity index (χ2n) is 5.68. The first-order chi connectivity index (χ1) is 13.1. The van der Waals surface area contributed by atoms with Crippen LogP contribution in [0.3, 0.4) is 0 Å². The molecule has 0 atom stereocenters. The van der Waals surface area contributed by atoms with Gasteiger partial charge in [-0.2, -0.15) is 5.26 Å². The highest BCUT2D eigenvalue weighted by atomic mass is 32.2. The third-order valence-corrected chi connectivity index (χ3v) is 4.81. The summed E-state index contributed by atoms with van der Waals surface area (Å²) < 4.78 is 15.7. The molecule has 4 rings (SSSR count). The Morgan fingerprint density at radius 1 is 1.26 bits per heavy atom. The van der Waals surface area contributed by atoms with E-state index in [1.165, 1.54) is 0 Å². The predicted octanol–water partition coefficient (Wildman–Crippen LogP) is 2.30. The first-order valence-electron chi connectivity index (χ1n) is 8.00. The second kappa shape index (κ2) is 7.13. The molecule has 0 unspecified atom stereocenters. The highest BCUT2D eigenvalue weighted by Crippen LogP contribution is 2.35. The first-order valence-corrected chi connectivity index (χ1v) is 8.99. The number of anilines is 1. The van der Waals surface area contributed by atoms with Gasteiger partial charge >= 0.3 is 0 Å². The van der Waals surface area contributed by atoms with Crippen LogP contribution in [0.2, 0.25) is 0 Å². The molecule has 1 amide bonds. The molecule has 0 fully saturated rings. The molecule has 0 aliphatic carbocycles. The zero-order valence-corrected chi connectivity index (χ0v) is 15.0. The molecule has 2 aromatic heterocycles. The van der Waals surface area contributed by atoms with Gasteiger partial charge in [0.05, 0.1) is 16.8 Å². The van der Waals surface area contributed by atoms with Crippen molar-refractivity contribution in [1.29, 1.82) is 5.26 Å². The number of aryl methyl sites for hydroxylation is 1. The number of carbonyl (C=O) groups is 1. The molecular weight excluding hydrogens is 370 g/mol. The highest BCUT2D eigenvalue weighted by molar-refractivity contribution is 8.00. The van der Waals surface area contributed by atoms with E-state index < -0.39 is 0 Å². The summed E-state index contributed by atoms with van der Waals surface area (Å²) in [5.41, 5.74) is 1.54. The summed E-state index contributed by atoms with van der Waals surface area (Å²) in [4.78, 5) is 16.6. The summed E-state index contributed by atoms with van der Waals surface area (Å²) in [6.07, 6.45) is 0. The molecule has 27 heavy (non-hydrogen) atoms. The lowest BCUT2D eigenvalue weighted by atomic mass is 10.1. The first kappa shape index (κ1) is 17.1. The monoisotopic (exact) mass is 383 g/mol. The average molecular weight is 383 g/mol. The maximum absolute atomic E-state index is 12.1. The molecule has 1 aliphatic rings. The van der Waals surface area contributed by atoms with E-state index in [1.54, 1.807) is 25.1 Å². The molecule has 10 heteroatoms. The smallest absolute Gasteiger partial charge is 0.236 e. The number of ether oxygens (including phenoxy) is 2. The third kappa shape index (κ3) is 3.50. The van der Waals surface area contributed by atoms with E-state index in [2.05, 4.69) is 31.3 Å². The minimum absolute atomic E-state index is 0.0596. The topological polar surface area (TPSA) is 123 Å². The van der Waals surface area contributed by atoms with Gasteiger partial charge in [-0.1, -0.05) is 16.9 Å². The number of hydrogen-bond acceptors (Lipinski definition) is 9. The largest absolute Gasteiger partial charge is 0.486 e. The summed E-state index contributed by atoms with van der Waals surface area (Å²) in [5.74, 6) is 1.29. The quantitative estimate of drug-likeness (QED) is 0.676. The minimum atomic E-state index is -0.299. The lowest BCUT2D eigenvalue weighted by Crippen LogP contribution is -2.15. The van der Waals surface area contributed by atoms with Crippen LogP contribution in [-0.4, -0.2) is 40.2 Å². The van der Waals surface area contributed by atoms with Crippen LogP contribution in [0.1, 0.15) is 11.3 Å². The van der Waals surface area contributed by atoms with Gasteiger partial charge in [0.2, 0.25) is 5.91 Å². The van der Waals surface area contributed by atoms with Crippen LogP contribution >= 0.6 is 11.8 Å². The highest BCUT2D eigenvalue weighted by Gasteiger charge is 2.17. The molecule has 0 spiro atoms. The van der Waals surface area contributed by atoms with Gasteiger partial charge in [0.1, 0.15) is 30.0 Å². The van der Waals surface area contributed by atoms with Crippen LogP contribution in [0.5, 0.6) is 11.5 Å². The van der Waals surface area contributed by atoms with Crippen molar-refractivity contribution >= 4 is 34.4 Å².